The molecule has 1 heterocycles. The van der Waals surface area contributed by atoms with Crippen LogP contribution in [0.4, 0.5) is 13.2 Å². The highest BCUT2D eigenvalue weighted by Crippen LogP contribution is 2.31. The Morgan fingerprint density at radius 3 is 2.33 bits per heavy atom. The van der Waals surface area contributed by atoms with E-state index in [1.807, 2.05) is 11.5 Å². The molecule has 0 atom stereocenters. The predicted molar refractivity (Wildman–Crippen MR) is 66.0 cm³/mol. The molecule has 0 amide bonds. The number of rotatable bonds is 2. The van der Waals surface area contributed by atoms with E-state index in [0.717, 1.165) is 17.8 Å². The molecule has 6 heteroatoms. The highest BCUT2D eigenvalue weighted by atomic mass is 79.9. The van der Waals surface area contributed by atoms with E-state index in [1.54, 1.807) is 6.20 Å². The van der Waals surface area contributed by atoms with Gasteiger partial charge in [0, 0.05) is 6.54 Å². The predicted octanol–water partition coefficient (Wildman–Crippen LogP) is 4.35. The number of nitrogens with zero attached hydrogens (tertiary/aromatic N) is 2. The van der Waals surface area contributed by atoms with Crippen LogP contribution in [0.2, 0.25) is 0 Å². The zero-order chi connectivity index (χ0) is 13.3. The van der Waals surface area contributed by atoms with Gasteiger partial charge in [0.25, 0.3) is 0 Å². The number of hydrogen-bond donors (Lipinski definition) is 0. The Balaban J connectivity index is 2.40. The van der Waals surface area contributed by atoms with Crippen LogP contribution in [0.3, 0.4) is 0 Å². The lowest BCUT2D eigenvalue weighted by Crippen LogP contribution is -2.04. The average Bonchev–Trinajstić information content (AvgIpc) is 2.69. The lowest BCUT2D eigenvalue weighted by atomic mass is 10.1. The summed E-state index contributed by atoms with van der Waals surface area (Å²) in [5, 5.41) is 0. The standard InChI is InChI=1S/C12H10BrF3N2/c1-2-18-10(7-17-11(18)13)8-3-5-9(6-4-8)12(14,15)16/h3-7H,2H2,1H3. The lowest BCUT2D eigenvalue weighted by molar-refractivity contribution is -0.137. The molecule has 1 aromatic carbocycles. The minimum atomic E-state index is -4.30. The van der Waals surface area contributed by atoms with Crippen LogP contribution in [0.15, 0.2) is 35.2 Å². The summed E-state index contributed by atoms with van der Waals surface area (Å²) < 4.78 is 39.9. The van der Waals surface area contributed by atoms with Crippen molar-refractivity contribution in [2.24, 2.45) is 0 Å². The van der Waals surface area contributed by atoms with Crippen molar-refractivity contribution in [2.75, 3.05) is 0 Å². The molecule has 2 rings (SSSR count). The summed E-state index contributed by atoms with van der Waals surface area (Å²) in [5.74, 6) is 0. The number of imidazole rings is 1. The fourth-order valence-electron chi connectivity index (χ4n) is 1.71. The topological polar surface area (TPSA) is 17.8 Å². The van der Waals surface area contributed by atoms with Crippen molar-refractivity contribution < 1.29 is 13.2 Å². The summed E-state index contributed by atoms with van der Waals surface area (Å²) in [5.41, 5.74) is 0.856. The largest absolute Gasteiger partial charge is 0.416 e. The molecule has 96 valence electrons. The summed E-state index contributed by atoms with van der Waals surface area (Å²) in [6.07, 6.45) is -2.67. The first-order chi connectivity index (χ1) is 8.43. The van der Waals surface area contributed by atoms with Gasteiger partial charge in [0.1, 0.15) is 0 Å². The molecule has 0 saturated heterocycles. The van der Waals surface area contributed by atoms with Crippen LogP contribution in [-0.4, -0.2) is 9.55 Å². The molecule has 0 bridgehead atoms. The maximum atomic E-state index is 12.4. The molecular weight excluding hydrogens is 309 g/mol. The van der Waals surface area contributed by atoms with Gasteiger partial charge >= 0.3 is 6.18 Å². The Morgan fingerprint density at radius 1 is 1.22 bits per heavy atom. The Kier molecular flexibility index (Phi) is 3.47. The fourth-order valence-corrected chi connectivity index (χ4v) is 2.26. The Bertz CT molecular complexity index is 543. The average molecular weight is 319 g/mol. The first-order valence-electron chi connectivity index (χ1n) is 5.32. The van der Waals surface area contributed by atoms with Gasteiger partial charge in [-0.3, -0.25) is 0 Å². The Hall–Kier alpha value is -1.30. The summed E-state index contributed by atoms with van der Waals surface area (Å²) in [6, 6.07) is 5.07. The maximum absolute atomic E-state index is 12.4. The van der Waals surface area contributed by atoms with Crippen LogP contribution in [0.25, 0.3) is 11.3 Å². The van der Waals surface area contributed by atoms with Crippen molar-refractivity contribution in [3.8, 4) is 11.3 Å². The molecule has 0 aliphatic heterocycles. The zero-order valence-electron chi connectivity index (χ0n) is 9.50. The van der Waals surface area contributed by atoms with Crippen molar-refractivity contribution in [3.05, 3.63) is 40.8 Å². The molecule has 2 aromatic rings. The molecule has 0 fully saturated rings. The van der Waals surface area contributed by atoms with Crippen molar-refractivity contribution in [1.29, 1.82) is 0 Å². The van der Waals surface area contributed by atoms with E-state index in [0.29, 0.717) is 16.8 Å². The van der Waals surface area contributed by atoms with Crippen molar-refractivity contribution in [3.63, 3.8) is 0 Å². The second-order valence-electron chi connectivity index (χ2n) is 3.73. The number of halogens is 4. The molecule has 0 aliphatic carbocycles. The van der Waals surface area contributed by atoms with Gasteiger partial charge in [-0.05, 0) is 40.5 Å². The fraction of sp³-hybridized carbons (Fsp3) is 0.250. The van der Waals surface area contributed by atoms with E-state index < -0.39 is 11.7 Å². The van der Waals surface area contributed by atoms with Crippen LogP contribution in [0.5, 0.6) is 0 Å². The number of benzene rings is 1. The van der Waals surface area contributed by atoms with Gasteiger partial charge in [-0.1, -0.05) is 12.1 Å². The molecule has 2 nitrogen and oxygen atoms in total. The van der Waals surface area contributed by atoms with Crippen LogP contribution in [0, 0.1) is 0 Å². The number of alkyl halides is 3. The van der Waals surface area contributed by atoms with Gasteiger partial charge in [-0.25, -0.2) is 4.98 Å². The highest BCUT2D eigenvalue weighted by Gasteiger charge is 2.30. The van der Waals surface area contributed by atoms with Crippen LogP contribution < -0.4 is 0 Å². The van der Waals surface area contributed by atoms with Gasteiger partial charge in [0.15, 0.2) is 4.73 Å². The van der Waals surface area contributed by atoms with Crippen molar-refractivity contribution in [2.45, 2.75) is 19.6 Å². The van der Waals surface area contributed by atoms with E-state index in [-0.39, 0.29) is 0 Å². The third-order valence-electron chi connectivity index (χ3n) is 2.63. The second kappa shape index (κ2) is 4.76. The lowest BCUT2D eigenvalue weighted by Gasteiger charge is -2.09. The summed E-state index contributed by atoms with van der Waals surface area (Å²) >= 11 is 3.29. The quantitative estimate of drug-likeness (QED) is 0.804. The van der Waals surface area contributed by atoms with Gasteiger partial charge < -0.3 is 4.57 Å². The van der Waals surface area contributed by atoms with Gasteiger partial charge in [-0.15, -0.1) is 0 Å². The molecule has 0 N–H and O–H groups in total. The Labute approximate surface area is 111 Å². The summed E-state index contributed by atoms with van der Waals surface area (Å²) in [4.78, 5) is 4.09. The Morgan fingerprint density at radius 2 is 1.83 bits per heavy atom. The van der Waals surface area contributed by atoms with E-state index in [9.17, 15) is 13.2 Å². The highest BCUT2D eigenvalue weighted by molar-refractivity contribution is 9.10. The molecule has 0 radical (unpaired) electrons. The molecule has 1 aromatic heterocycles. The third-order valence-corrected chi connectivity index (χ3v) is 3.26. The van der Waals surface area contributed by atoms with E-state index in [2.05, 4.69) is 20.9 Å². The van der Waals surface area contributed by atoms with Crippen molar-refractivity contribution >= 4 is 15.9 Å². The minimum Gasteiger partial charge on any atom is -0.319 e. The van der Waals surface area contributed by atoms with Crippen LogP contribution >= 0.6 is 15.9 Å². The van der Waals surface area contributed by atoms with Crippen molar-refractivity contribution in [1.82, 2.24) is 9.55 Å². The minimum absolute atomic E-state index is 0.645. The molecular formula is C12H10BrF3N2. The first kappa shape index (κ1) is 13.1. The van der Waals surface area contributed by atoms with Crippen LogP contribution in [0.1, 0.15) is 12.5 Å². The van der Waals surface area contributed by atoms with Gasteiger partial charge in [-0.2, -0.15) is 13.2 Å². The molecule has 0 aliphatic rings. The third kappa shape index (κ3) is 2.43. The molecule has 18 heavy (non-hydrogen) atoms. The number of aromatic nitrogens is 2. The smallest absolute Gasteiger partial charge is 0.319 e. The molecule has 0 saturated carbocycles. The van der Waals surface area contributed by atoms with E-state index in [1.165, 1.54) is 12.1 Å². The maximum Gasteiger partial charge on any atom is 0.416 e. The van der Waals surface area contributed by atoms with Gasteiger partial charge in [0.2, 0.25) is 0 Å². The zero-order valence-corrected chi connectivity index (χ0v) is 11.1. The first-order valence-corrected chi connectivity index (χ1v) is 6.11. The van der Waals surface area contributed by atoms with E-state index >= 15 is 0 Å². The van der Waals surface area contributed by atoms with Crippen LogP contribution in [-0.2, 0) is 12.7 Å². The number of hydrogen-bond acceptors (Lipinski definition) is 1. The molecule has 0 unspecified atom stereocenters. The normalized spacial score (nSPS) is 11.8. The van der Waals surface area contributed by atoms with Gasteiger partial charge in [0.05, 0.1) is 17.5 Å². The monoisotopic (exact) mass is 318 g/mol. The van der Waals surface area contributed by atoms with E-state index in [4.69, 9.17) is 0 Å². The molecule has 0 spiro atoms. The SMILES string of the molecule is CCn1c(-c2ccc(C(F)(F)F)cc2)cnc1Br. The summed E-state index contributed by atoms with van der Waals surface area (Å²) in [6.45, 7) is 2.64. The second-order valence-corrected chi connectivity index (χ2v) is 4.44. The summed E-state index contributed by atoms with van der Waals surface area (Å²) in [7, 11) is 0.